The van der Waals surface area contributed by atoms with Crippen LogP contribution in [0.1, 0.15) is 17.5 Å². The van der Waals surface area contributed by atoms with E-state index < -0.39 is 0 Å². The average Bonchev–Trinajstić information content (AvgIpc) is 2.47. The van der Waals surface area contributed by atoms with Crippen molar-refractivity contribution in [2.45, 2.75) is 24.8 Å². The van der Waals surface area contributed by atoms with Gasteiger partial charge in [-0.1, -0.05) is 44.0 Å². The molecule has 1 unspecified atom stereocenters. The van der Waals surface area contributed by atoms with Crippen LogP contribution in [-0.4, -0.2) is 17.3 Å². The Morgan fingerprint density at radius 2 is 1.86 bits per heavy atom. The molecule has 4 heteroatoms. The highest BCUT2D eigenvalue weighted by Gasteiger charge is 2.33. The number of fused-ring (bicyclic) bond motifs is 1. The van der Waals surface area contributed by atoms with Gasteiger partial charge in [0.15, 0.2) is 0 Å². The van der Waals surface area contributed by atoms with Crippen LogP contribution < -0.4 is 5.32 Å². The molecule has 2 aromatic carbocycles. The zero-order chi connectivity index (χ0) is 14.9. The fourth-order valence-electron chi connectivity index (χ4n) is 2.98. The molecule has 0 aromatic heterocycles. The van der Waals surface area contributed by atoms with Crippen molar-refractivity contribution in [1.82, 2.24) is 0 Å². The Kier molecular flexibility index (Phi) is 4.38. The minimum Gasteiger partial charge on any atom is -0.394 e. The van der Waals surface area contributed by atoms with Crippen molar-refractivity contribution in [1.29, 1.82) is 0 Å². The number of halogens is 2. The molecule has 2 N–H and O–H groups in total. The molecular formula is C17H17Br2NO. The van der Waals surface area contributed by atoms with Gasteiger partial charge in [-0.3, -0.25) is 0 Å². The molecule has 0 amide bonds. The third-order valence-corrected chi connectivity index (χ3v) is 5.09. The highest BCUT2D eigenvalue weighted by molar-refractivity contribution is 9.10. The van der Waals surface area contributed by atoms with Crippen LogP contribution >= 0.6 is 31.9 Å². The first-order valence-corrected chi connectivity index (χ1v) is 8.61. The van der Waals surface area contributed by atoms with Gasteiger partial charge in [0.05, 0.1) is 12.1 Å². The van der Waals surface area contributed by atoms with E-state index in [9.17, 15) is 5.11 Å². The highest BCUT2D eigenvalue weighted by atomic mass is 79.9. The predicted molar refractivity (Wildman–Crippen MR) is 93.7 cm³/mol. The largest absolute Gasteiger partial charge is 0.394 e. The van der Waals surface area contributed by atoms with E-state index in [1.807, 2.05) is 18.2 Å². The van der Waals surface area contributed by atoms with Crippen molar-refractivity contribution >= 4 is 37.5 Å². The molecule has 0 bridgehead atoms. The van der Waals surface area contributed by atoms with Crippen molar-refractivity contribution in [2.75, 3.05) is 11.9 Å². The predicted octanol–water partition coefficient (Wildman–Crippen LogP) is 4.54. The van der Waals surface area contributed by atoms with Gasteiger partial charge in [-0.2, -0.15) is 0 Å². The minimum atomic E-state index is -0.276. The normalized spacial score (nSPS) is 20.9. The third-order valence-electron chi connectivity index (χ3n) is 4.11. The Labute approximate surface area is 141 Å². The van der Waals surface area contributed by atoms with E-state index in [0.717, 1.165) is 33.9 Å². The molecule has 1 aliphatic carbocycles. The van der Waals surface area contributed by atoms with Crippen LogP contribution in [0.4, 0.5) is 5.69 Å². The standard InChI is InChI=1S/C17H17Br2NO/c18-14-2-1-3-16(9-14)20-17(11-21)7-6-12-8-15(19)5-4-13(12)10-17/h1-5,8-9,20-21H,6-7,10-11H2. The number of nitrogens with one attached hydrogen (secondary N) is 1. The van der Waals surface area contributed by atoms with Crippen LogP contribution in [0.2, 0.25) is 0 Å². The summed E-state index contributed by atoms with van der Waals surface area (Å²) in [7, 11) is 0. The topological polar surface area (TPSA) is 32.3 Å². The lowest BCUT2D eigenvalue weighted by atomic mass is 9.78. The number of hydrogen-bond acceptors (Lipinski definition) is 2. The van der Waals surface area contributed by atoms with Gasteiger partial charge >= 0.3 is 0 Å². The molecule has 3 rings (SSSR count). The summed E-state index contributed by atoms with van der Waals surface area (Å²) < 4.78 is 2.17. The summed E-state index contributed by atoms with van der Waals surface area (Å²) in [4.78, 5) is 0. The van der Waals surface area contributed by atoms with Crippen LogP contribution in [0.15, 0.2) is 51.4 Å². The van der Waals surface area contributed by atoms with Crippen molar-refractivity contribution in [2.24, 2.45) is 0 Å². The highest BCUT2D eigenvalue weighted by Crippen LogP contribution is 2.33. The zero-order valence-corrected chi connectivity index (χ0v) is 14.7. The second kappa shape index (κ2) is 6.11. The number of aryl methyl sites for hydroxylation is 1. The van der Waals surface area contributed by atoms with E-state index in [-0.39, 0.29) is 12.1 Å². The summed E-state index contributed by atoms with van der Waals surface area (Å²) >= 11 is 7.02. The Morgan fingerprint density at radius 1 is 1.05 bits per heavy atom. The van der Waals surface area contributed by atoms with Crippen LogP contribution in [0, 0.1) is 0 Å². The number of aliphatic hydroxyl groups excluding tert-OH is 1. The summed E-state index contributed by atoms with van der Waals surface area (Å²) in [5.74, 6) is 0. The Hall–Kier alpha value is -0.840. The SMILES string of the molecule is OCC1(Nc2cccc(Br)c2)CCc2cc(Br)ccc2C1. The minimum absolute atomic E-state index is 0.134. The zero-order valence-electron chi connectivity index (χ0n) is 11.6. The third kappa shape index (κ3) is 3.33. The quantitative estimate of drug-likeness (QED) is 0.778. The molecule has 1 aliphatic rings. The van der Waals surface area contributed by atoms with Gasteiger partial charge in [0.2, 0.25) is 0 Å². The van der Waals surface area contributed by atoms with E-state index in [1.165, 1.54) is 11.1 Å². The first-order chi connectivity index (χ1) is 10.1. The molecule has 0 saturated carbocycles. The maximum atomic E-state index is 9.97. The van der Waals surface area contributed by atoms with Crippen LogP contribution in [0.3, 0.4) is 0 Å². The van der Waals surface area contributed by atoms with Gasteiger partial charge in [-0.05, 0) is 60.7 Å². The molecule has 0 fully saturated rings. The van der Waals surface area contributed by atoms with Gasteiger partial charge in [0.1, 0.15) is 0 Å². The fourth-order valence-corrected chi connectivity index (χ4v) is 3.79. The second-order valence-electron chi connectivity index (χ2n) is 5.66. The fraction of sp³-hybridized carbons (Fsp3) is 0.294. The van der Waals surface area contributed by atoms with Crippen LogP contribution in [-0.2, 0) is 12.8 Å². The van der Waals surface area contributed by atoms with Gasteiger partial charge in [-0.15, -0.1) is 0 Å². The van der Waals surface area contributed by atoms with E-state index >= 15 is 0 Å². The summed E-state index contributed by atoms with van der Waals surface area (Å²) in [5, 5.41) is 13.5. The molecule has 0 radical (unpaired) electrons. The first-order valence-electron chi connectivity index (χ1n) is 7.02. The Morgan fingerprint density at radius 3 is 2.62 bits per heavy atom. The van der Waals surface area contributed by atoms with E-state index in [0.29, 0.717) is 0 Å². The Bertz CT molecular complexity index is 659. The van der Waals surface area contributed by atoms with Gasteiger partial charge in [0, 0.05) is 14.6 Å². The molecule has 2 nitrogen and oxygen atoms in total. The van der Waals surface area contributed by atoms with Gasteiger partial charge in [0.25, 0.3) is 0 Å². The molecule has 2 aromatic rings. The van der Waals surface area contributed by atoms with Crippen molar-refractivity contribution in [3.63, 3.8) is 0 Å². The lowest BCUT2D eigenvalue weighted by molar-refractivity contribution is 0.196. The number of rotatable bonds is 3. The van der Waals surface area contributed by atoms with Crippen LogP contribution in [0.5, 0.6) is 0 Å². The molecule has 1 atom stereocenters. The summed E-state index contributed by atoms with van der Waals surface area (Å²) in [6.07, 6.45) is 2.76. The number of anilines is 1. The van der Waals surface area contributed by atoms with E-state index in [2.05, 4.69) is 61.4 Å². The molecule has 0 aliphatic heterocycles. The number of benzene rings is 2. The van der Waals surface area contributed by atoms with Crippen molar-refractivity contribution in [3.05, 3.63) is 62.5 Å². The molecule has 21 heavy (non-hydrogen) atoms. The second-order valence-corrected chi connectivity index (χ2v) is 7.49. The van der Waals surface area contributed by atoms with Crippen LogP contribution in [0.25, 0.3) is 0 Å². The van der Waals surface area contributed by atoms with Gasteiger partial charge in [-0.25, -0.2) is 0 Å². The number of aliphatic hydroxyl groups is 1. The summed E-state index contributed by atoms with van der Waals surface area (Å²) in [6, 6.07) is 14.5. The lowest BCUT2D eigenvalue weighted by Gasteiger charge is -2.38. The molecule has 0 heterocycles. The van der Waals surface area contributed by atoms with Crippen molar-refractivity contribution in [3.8, 4) is 0 Å². The monoisotopic (exact) mass is 409 g/mol. The van der Waals surface area contributed by atoms with Gasteiger partial charge < -0.3 is 10.4 Å². The molecule has 110 valence electrons. The first kappa shape index (κ1) is 15.1. The maximum absolute atomic E-state index is 9.97. The summed E-state index contributed by atoms with van der Waals surface area (Å²) in [5.41, 5.74) is 3.46. The average molecular weight is 411 g/mol. The molecule has 0 spiro atoms. The van der Waals surface area contributed by atoms with E-state index in [1.54, 1.807) is 0 Å². The Balaban J connectivity index is 1.87. The summed E-state index contributed by atoms with van der Waals surface area (Å²) in [6.45, 7) is 0.134. The van der Waals surface area contributed by atoms with Crippen molar-refractivity contribution < 1.29 is 5.11 Å². The smallest absolute Gasteiger partial charge is 0.0664 e. The lowest BCUT2D eigenvalue weighted by Crippen LogP contribution is -2.47. The molecule has 0 saturated heterocycles. The molecular weight excluding hydrogens is 394 g/mol. The maximum Gasteiger partial charge on any atom is 0.0664 e. The van der Waals surface area contributed by atoms with E-state index in [4.69, 9.17) is 0 Å². The number of hydrogen-bond donors (Lipinski definition) is 2.